The Morgan fingerprint density at radius 3 is 1.73 bits per heavy atom. The van der Waals surface area contributed by atoms with Crippen LogP contribution in [0.1, 0.15) is 142 Å². The predicted molar refractivity (Wildman–Crippen MR) is 177 cm³/mol. The van der Waals surface area contributed by atoms with Crippen LogP contribution in [0.5, 0.6) is 0 Å². The van der Waals surface area contributed by atoms with E-state index >= 15 is 0 Å². The lowest BCUT2D eigenvalue weighted by molar-refractivity contribution is -0.138. The Balaban J connectivity index is 1.54. The van der Waals surface area contributed by atoms with Gasteiger partial charge in [-0.2, -0.15) is 0 Å². The van der Waals surface area contributed by atoms with E-state index in [1.165, 1.54) is 64.2 Å². The van der Waals surface area contributed by atoms with Crippen LogP contribution in [-0.2, 0) is 9.59 Å². The van der Waals surface area contributed by atoms with E-state index in [2.05, 4.69) is 17.6 Å². The van der Waals surface area contributed by atoms with Gasteiger partial charge in [-0.1, -0.05) is 126 Å². The molecule has 3 N–H and O–H groups in total. The Kier molecular flexibility index (Phi) is 19.2. The Morgan fingerprint density at radius 2 is 1.14 bits per heavy atom. The molecule has 1 unspecified atom stereocenters. The highest BCUT2D eigenvalue weighted by Crippen LogP contribution is 2.21. The monoisotopic (exact) mass is 606 g/mol. The molecule has 2 rings (SSSR count). The lowest BCUT2D eigenvalue weighted by Crippen LogP contribution is -2.30. The van der Waals surface area contributed by atoms with Crippen LogP contribution in [0.3, 0.4) is 0 Å². The number of carbonyl (C=O) groups is 4. The Bertz CT molecular complexity index is 1100. The molecule has 0 aliphatic rings. The van der Waals surface area contributed by atoms with Gasteiger partial charge >= 0.3 is 5.97 Å². The van der Waals surface area contributed by atoms with E-state index in [0.717, 1.165) is 19.3 Å². The zero-order valence-electron chi connectivity index (χ0n) is 26.8. The van der Waals surface area contributed by atoms with Crippen molar-refractivity contribution in [2.75, 3.05) is 13.1 Å². The summed E-state index contributed by atoms with van der Waals surface area (Å²) in [6, 6.07) is 15.6. The SMILES string of the molecule is CCCCCCCCCCCCCCC(CCC(=O)NCCCNC(=O)c1ccc(C(=O)c2ccccc2)cc1)CC(=O)O. The van der Waals surface area contributed by atoms with Crippen LogP contribution in [0.4, 0.5) is 0 Å². The van der Waals surface area contributed by atoms with E-state index in [-0.39, 0.29) is 29.9 Å². The molecular weight excluding hydrogens is 552 g/mol. The van der Waals surface area contributed by atoms with Gasteiger partial charge in [-0.05, 0) is 37.3 Å². The maximum atomic E-state index is 12.5. The third kappa shape index (κ3) is 16.4. The second-order valence-electron chi connectivity index (χ2n) is 11.9. The molecule has 0 saturated heterocycles. The topological polar surface area (TPSA) is 113 Å². The summed E-state index contributed by atoms with van der Waals surface area (Å²) in [5.74, 6) is -1.19. The minimum Gasteiger partial charge on any atom is -0.481 e. The second-order valence-corrected chi connectivity index (χ2v) is 11.9. The number of aliphatic carboxylic acids is 1. The van der Waals surface area contributed by atoms with Crippen molar-refractivity contribution < 1.29 is 24.3 Å². The van der Waals surface area contributed by atoms with E-state index in [4.69, 9.17) is 0 Å². The number of ketones is 1. The molecule has 0 bridgehead atoms. The van der Waals surface area contributed by atoms with Gasteiger partial charge in [-0.3, -0.25) is 19.2 Å². The van der Waals surface area contributed by atoms with Crippen molar-refractivity contribution in [1.29, 1.82) is 0 Å². The molecule has 0 saturated carbocycles. The molecule has 0 aliphatic carbocycles. The number of carboxylic acids is 1. The highest BCUT2D eigenvalue weighted by atomic mass is 16.4. The van der Waals surface area contributed by atoms with Gasteiger partial charge in [0.15, 0.2) is 5.78 Å². The second kappa shape index (κ2) is 23.0. The number of carboxylic acid groups (broad SMARTS) is 1. The number of carbonyl (C=O) groups excluding carboxylic acids is 3. The van der Waals surface area contributed by atoms with Gasteiger partial charge in [0.2, 0.25) is 5.91 Å². The van der Waals surface area contributed by atoms with Gasteiger partial charge in [-0.25, -0.2) is 0 Å². The zero-order chi connectivity index (χ0) is 31.8. The highest BCUT2D eigenvalue weighted by molar-refractivity contribution is 6.09. The maximum Gasteiger partial charge on any atom is 0.303 e. The van der Waals surface area contributed by atoms with Crippen LogP contribution < -0.4 is 10.6 Å². The molecule has 0 heterocycles. The molecule has 7 heteroatoms. The van der Waals surface area contributed by atoms with Crippen LogP contribution in [0.15, 0.2) is 54.6 Å². The first-order chi connectivity index (χ1) is 21.4. The van der Waals surface area contributed by atoms with Gasteiger partial charge in [-0.15, -0.1) is 0 Å². The average molecular weight is 607 g/mol. The Hall–Kier alpha value is -3.48. The van der Waals surface area contributed by atoms with Crippen LogP contribution in [-0.4, -0.2) is 41.8 Å². The van der Waals surface area contributed by atoms with Crippen LogP contribution >= 0.6 is 0 Å². The van der Waals surface area contributed by atoms with E-state index in [1.807, 2.05) is 18.2 Å². The van der Waals surface area contributed by atoms with E-state index < -0.39 is 5.97 Å². The molecule has 0 fully saturated rings. The molecule has 0 aliphatic heterocycles. The van der Waals surface area contributed by atoms with Crippen molar-refractivity contribution >= 4 is 23.6 Å². The number of hydrogen-bond acceptors (Lipinski definition) is 4. The molecule has 0 aromatic heterocycles. The predicted octanol–water partition coefficient (Wildman–Crippen LogP) is 8.12. The van der Waals surface area contributed by atoms with Gasteiger partial charge in [0, 0.05) is 42.6 Å². The molecule has 2 aromatic rings. The summed E-state index contributed by atoms with van der Waals surface area (Å²) in [6.45, 7) is 3.09. The van der Waals surface area contributed by atoms with Gasteiger partial charge < -0.3 is 15.7 Å². The lowest BCUT2D eigenvalue weighted by Gasteiger charge is -2.15. The van der Waals surface area contributed by atoms with Crippen molar-refractivity contribution in [3.63, 3.8) is 0 Å². The first-order valence-electron chi connectivity index (χ1n) is 16.9. The molecule has 1 atom stereocenters. The minimum absolute atomic E-state index is 0.0232. The van der Waals surface area contributed by atoms with Crippen molar-refractivity contribution in [3.05, 3.63) is 71.3 Å². The molecule has 2 amide bonds. The van der Waals surface area contributed by atoms with E-state index in [1.54, 1.807) is 36.4 Å². The summed E-state index contributed by atoms with van der Waals surface area (Å²) in [5.41, 5.74) is 1.59. The standard InChI is InChI=1S/C37H54N2O5/c1-2-3-4-5-6-7-8-9-10-11-12-14-18-30(29-35(41)42)21-26-34(40)38-27-17-28-39-37(44)33-24-22-32(23-25-33)36(43)31-19-15-13-16-20-31/h13,15-16,19-20,22-25,30H,2-12,14,17-18,21,26-29H2,1H3,(H,38,40)(H,39,44)(H,41,42). The summed E-state index contributed by atoms with van der Waals surface area (Å²) in [6.07, 6.45) is 17.7. The van der Waals surface area contributed by atoms with Crippen molar-refractivity contribution in [1.82, 2.24) is 10.6 Å². The summed E-state index contributed by atoms with van der Waals surface area (Å²) in [4.78, 5) is 48.7. The first kappa shape index (κ1) is 36.7. The van der Waals surface area contributed by atoms with Gasteiger partial charge in [0.05, 0.1) is 0 Å². The fourth-order valence-electron chi connectivity index (χ4n) is 5.44. The smallest absolute Gasteiger partial charge is 0.303 e. The summed E-state index contributed by atoms with van der Waals surface area (Å²) >= 11 is 0. The number of unbranched alkanes of at least 4 members (excludes halogenated alkanes) is 11. The van der Waals surface area contributed by atoms with E-state index in [9.17, 15) is 24.3 Å². The molecule has 0 radical (unpaired) electrons. The molecular formula is C37H54N2O5. The number of hydrogen-bond donors (Lipinski definition) is 3. The number of rotatable bonds is 25. The molecule has 7 nitrogen and oxygen atoms in total. The highest BCUT2D eigenvalue weighted by Gasteiger charge is 2.15. The summed E-state index contributed by atoms with van der Waals surface area (Å²) in [5, 5.41) is 15.0. The fraction of sp³-hybridized carbons (Fsp3) is 0.568. The van der Waals surface area contributed by atoms with Crippen LogP contribution in [0, 0.1) is 5.92 Å². The first-order valence-corrected chi connectivity index (χ1v) is 16.9. The molecule has 44 heavy (non-hydrogen) atoms. The molecule has 0 spiro atoms. The molecule has 242 valence electrons. The fourth-order valence-corrected chi connectivity index (χ4v) is 5.44. The Labute approximate surface area is 264 Å². The molecule has 2 aromatic carbocycles. The maximum absolute atomic E-state index is 12.5. The largest absolute Gasteiger partial charge is 0.481 e. The number of nitrogens with one attached hydrogen (secondary N) is 2. The van der Waals surface area contributed by atoms with Crippen molar-refractivity contribution in [3.8, 4) is 0 Å². The Morgan fingerprint density at radius 1 is 0.614 bits per heavy atom. The van der Waals surface area contributed by atoms with Gasteiger partial charge in [0.1, 0.15) is 0 Å². The van der Waals surface area contributed by atoms with Crippen LogP contribution in [0.25, 0.3) is 0 Å². The zero-order valence-corrected chi connectivity index (χ0v) is 26.8. The lowest BCUT2D eigenvalue weighted by atomic mass is 9.92. The third-order valence-electron chi connectivity index (χ3n) is 8.12. The van der Waals surface area contributed by atoms with Crippen molar-refractivity contribution in [2.24, 2.45) is 5.92 Å². The van der Waals surface area contributed by atoms with E-state index in [0.29, 0.717) is 49.0 Å². The quantitative estimate of drug-likeness (QED) is 0.0780. The number of benzene rings is 2. The normalized spacial score (nSPS) is 11.6. The van der Waals surface area contributed by atoms with Crippen molar-refractivity contribution in [2.45, 2.75) is 116 Å². The average Bonchev–Trinajstić information content (AvgIpc) is 3.03. The minimum atomic E-state index is -0.803. The summed E-state index contributed by atoms with van der Waals surface area (Å²) < 4.78 is 0. The number of amides is 2. The van der Waals surface area contributed by atoms with Crippen LogP contribution in [0.2, 0.25) is 0 Å². The third-order valence-corrected chi connectivity index (χ3v) is 8.12. The van der Waals surface area contributed by atoms with Gasteiger partial charge in [0.25, 0.3) is 5.91 Å². The summed E-state index contributed by atoms with van der Waals surface area (Å²) in [7, 11) is 0.